The van der Waals surface area contributed by atoms with Gasteiger partial charge in [-0.05, 0) is 11.6 Å². The second kappa shape index (κ2) is 7.05. The SMILES string of the molecule is CC(=O)OCCCC(=O)OC1(N=O)CCOCC1. The Hall–Kier alpha value is -1.50. The Balaban J connectivity index is 2.29. The zero-order valence-corrected chi connectivity index (χ0v) is 10.3. The standard InChI is InChI=1S/C11H17NO6/c1-9(13)17-6-2-3-10(14)18-11(12-15)4-7-16-8-5-11/h2-8H2,1H3. The molecule has 7 nitrogen and oxygen atoms in total. The van der Waals surface area contributed by atoms with Crippen molar-refractivity contribution in [1.82, 2.24) is 0 Å². The molecule has 0 N–H and O–H groups in total. The maximum atomic E-state index is 11.5. The van der Waals surface area contributed by atoms with E-state index in [1.165, 1.54) is 6.92 Å². The second-order valence-corrected chi connectivity index (χ2v) is 4.07. The third kappa shape index (κ3) is 4.79. The van der Waals surface area contributed by atoms with Crippen molar-refractivity contribution >= 4 is 11.9 Å². The van der Waals surface area contributed by atoms with Gasteiger partial charge >= 0.3 is 11.9 Å². The molecule has 0 aromatic heterocycles. The highest BCUT2D eigenvalue weighted by molar-refractivity contribution is 5.70. The Morgan fingerprint density at radius 2 is 2.00 bits per heavy atom. The van der Waals surface area contributed by atoms with E-state index in [1.807, 2.05) is 0 Å². The van der Waals surface area contributed by atoms with Crippen LogP contribution in [0.4, 0.5) is 0 Å². The molecular formula is C11H17NO6. The largest absolute Gasteiger partial charge is 0.466 e. The third-order valence-corrected chi connectivity index (χ3v) is 2.57. The molecule has 18 heavy (non-hydrogen) atoms. The van der Waals surface area contributed by atoms with Crippen LogP contribution in [0.25, 0.3) is 0 Å². The normalized spacial score (nSPS) is 17.8. The van der Waals surface area contributed by atoms with Gasteiger partial charge in [0, 0.05) is 26.2 Å². The van der Waals surface area contributed by atoms with E-state index in [1.54, 1.807) is 0 Å². The fourth-order valence-electron chi connectivity index (χ4n) is 1.60. The molecule has 0 aromatic rings. The van der Waals surface area contributed by atoms with Crippen molar-refractivity contribution in [3.05, 3.63) is 4.91 Å². The van der Waals surface area contributed by atoms with E-state index in [4.69, 9.17) is 9.47 Å². The summed E-state index contributed by atoms with van der Waals surface area (Å²) in [5.41, 5.74) is -1.28. The molecule has 102 valence electrons. The predicted molar refractivity (Wildman–Crippen MR) is 60.5 cm³/mol. The van der Waals surface area contributed by atoms with Crippen LogP contribution in [0.1, 0.15) is 32.6 Å². The number of rotatable bonds is 6. The molecule has 0 spiro atoms. The molecule has 1 heterocycles. The van der Waals surface area contributed by atoms with Crippen LogP contribution in [0.15, 0.2) is 5.18 Å². The van der Waals surface area contributed by atoms with Crippen LogP contribution < -0.4 is 0 Å². The maximum absolute atomic E-state index is 11.5. The summed E-state index contributed by atoms with van der Waals surface area (Å²) >= 11 is 0. The van der Waals surface area contributed by atoms with Gasteiger partial charge in [0.2, 0.25) is 5.72 Å². The highest BCUT2D eigenvalue weighted by Gasteiger charge is 2.38. The number of hydrogen-bond donors (Lipinski definition) is 0. The summed E-state index contributed by atoms with van der Waals surface area (Å²) in [5.74, 6) is -0.900. The van der Waals surface area contributed by atoms with Crippen molar-refractivity contribution < 1.29 is 23.8 Å². The third-order valence-electron chi connectivity index (χ3n) is 2.57. The minimum absolute atomic E-state index is 0.0887. The maximum Gasteiger partial charge on any atom is 0.308 e. The van der Waals surface area contributed by atoms with E-state index < -0.39 is 11.7 Å². The molecule has 0 bridgehead atoms. The Bertz CT molecular complexity index is 311. The summed E-state index contributed by atoms with van der Waals surface area (Å²) in [5, 5.41) is 2.92. The minimum atomic E-state index is -1.28. The predicted octanol–water partition coefficient (Wildman–Crippen LogP) is 1.15. The molecule has 1 saturated heterocycles. The van der Waals surface area contributed by atoms with Crippen LogP contribution >= 0.6 is 0 Å². The van der Waals surface area contributed by atoms with Gasteiger partial charge in [-0.15, -0.1) is 4.91 Å². The van der Waals surface area contributed by atoms with E-state index in [9.17, 15) is 14.5 Å². The summed E-state index contributed by atoms with van der Waals surface area (Å²) in [7, 11) is 0. The number of nitroso groups, excluding NO2 is 1. The number of ether oxygens (including phenoxy) is 3. The number of nitrogens with zero attached hydrogens (tertiary/aromatic N) is 1. The van der Waals surface area contributed by atoms with Crippen LogP contribution in [0.2, 0.25) is 0 Å². The van der Waals surface area contributed by atoms with Crippen LogP contribution in [0.3, 0.4) is 0 Å². The molecule has 0 radical (unpaired) electrons. The lowest BCUT2D eigenvalue weighted by Crippen LogP contribution is -2.38. The summed E-state index contributed by atoms with van der Waals surface area (Å²) in [4.78, 5) is 32.8. The van der Waals surface area contributed by atoms with Gasteiger partial charge in [0.15, 0.2) is 0 Å². The zero-order chi connectivity index (χ0) is 13.4. The van der Waals surface area contributed by atoms with E-state index in [-0.39, 0.29) is 31.8 Å². The first kappa shape index (κ1) is 14.6. The molecule has 0 unspecified atom stereocenters. The molecule has 0 amide bonds. The lowest BCUT2D eigenvalue weighted by atomic mass is 10.1. The van der Waals surface area contributed by atoms with Gasteiger partial charge in [-0.1, -0.05) is 0 Å². The highest BCUT2D eigenvalue weighted by atomic mass is 16.6. The molecule has 1 aliphatic rings. The monoisotopic (exact) mass is 259 g/mol. The summed E-state index contributed by atoms with van der Waals surface area (Å²) in [6.45, 7) is 2.17. The topological polar surface area (TPSA) is 91.3 Å². The Kier molecular flexibility index (Phi) is 5.70. The first-order valence-corrected chi connectivity index (χ1v) is 5.85. The lowest BCUT2D eigenvalue weighted by Gasteiger charge is -2.29. The Morgan fingerprint density at radius 1 is 1.33 bits per heavy atom. The first-order valence-electron chi connectivity index (χ1n) is 5.85. The van der Waals surface area contributed by atoms with Crippen molar-refractivity contribution in [3.8, 4) is 0 Å². The van der Waals surface area contributed by atoms with Crippen molar-refractivity contribution in [2.24, 2.45) is 5.18 Å². The van der Waals surface area contributed by atoms with Gasteiger partial charge in [0.1, 0.15) is 0 Å². The van der Waals surface area contributed by atoms with Crippen molar-refractivity contribution in [2.45, 2.75) is 38.3 Å². The van der Waals surface area contributed by atoms with Gasteiger partial charge in [-0.2, -0.15) is 0 Å². The fraction of sp³-hybridized carbons (Fsp3) is 0.818. The van der Waals surface area contributed by atoms with Gasteiger partial charge < -0.3 is 14.2 Å². The number of hydrogen-bond acceptors (Lipinski definition) is 7. The quantitative estimate of drug-likeness (QED) is 0.403. The smallest absolute Gasteiger partial charge is 0.308 e. The molecule has 0 aromatic carbocycles. The van der Waals surface area contributed by atoms with Crippen LogP contribution in [0.5, 0.6) is 0 Å². The number of carbonyl (C=O) groups is 2. The molecule has 0 saturated carbocycles. The summed E-state index contributed by atoms with van der Waals surface area (Å²) < 4.78 is 14.9. The average Bonchev–Trinajstić information content (AvgIpc) is 2.35. The molecule has 1 fully saturated rings. The molecule has 0 aliphatic carbocycles. The minimum Gasteiger partial charge on any atom is -0.466 e. The second-order valence-electron chi connectivity index (χ2n) is 4.07. The average molecular weight is 259 g/mol. The molecular weight excluding hydrogens is 242 g/mol. The van der Waals surface area contributed by atoms with E-state index >= 15 is 0 Å². The summed E-state index contributed by atoms with van der Waals surface area (Å²) in [6, 6.07) is 0. The first-order chi connectivity index (χ1) is 8.58. The van der Waals surface area contributed by atoms with Gasteiger partial charge in [-0.3, -0.25) is 9.59 Å². The van der Waals surface area contributed by atoms with Crippen LogP contribution in [-0.2, 0) is 23.8 Å². The van der Waals surface area contributed by atoms with Gasteiger partial charge in [0.05, 0.1) is 19.8 Å². The van der Waals surface area contributed by atoms with Gasteiger partial charge in [-0.25, -0.2) is 0 Å². The van der Waals surface area contributed by atoms with Crippen molar-refractivity contribution in [1.29, 1.82) is 0 Å². The summed E-state index contributed by atoms with van der Waals surface area (Å²) in [6.07, 6.45) is 1.02. The van der Waals surface area contributed by atoms with E-state index in [0.29, 0.717) is 19.6 Å². The molecule has 1 rings (SSSR count). The number of esters is 2. The molecule has 0 atom stereocenters. The van der Waals surface area contributed by atoms with E-state index in [0.717, 1.165) is 0 Å². The van der Waals surface area contributed by atoms with Crippen molar-refractivity contribution in [2.75, 3.05) is 19.8 Å². The van der Waals surface area contributed by atoms with Gasteiger partial charge in [0.25, 0.3) is 0 Å². The number of carbonyl (C=O) groups excluding carboxylic acids is 2. The zero-order valence-electron chi connectivity index (χ0n) is 10.3. The lowest BCUT2D eigenvalue weighted by molar-refractivity contribution is -0.169. The fourth-order valence-corrected chi connectivity index (χ4v) is 1.60. The molecule has 1 aliphatic heterocycles. The Labute approximate surface area is 105 Å². The van der Waals surface area contributed by atoms with Crippen LogP contribution in [-0.4, -0.2) is 37.5 Å². The van der Waals surface area contributed by atoms with Crippen molar-refractivity contribution in [3.63, 3.8) is 0 Å². The van der Waals surface area contributed by atoms with E-state index in [2.05, 4.69) is 9.91 Å². The molecule has 7 heteroatoms. The Morgan fingerprint density at radius 3 is 2.56 bits per heavy atom. The van der Waals surface area contributed by atoms with Crippen LogP contribution in [0, 0.1) is 4.91 Å². The highest BCUT2D eigenvalue weighted by Crippen LogP contribution is 2.27.